The van der Waals surface area contributed by atoms with Crippen LogP contribution in [0, 0.1) is 0 Å². The maximum absolute atomic E-state index is 10.7. The Hall–Kier alpha value is -1.85. The Labute approximate surface area is 68.3 Å². The van der Waals surface area contributed by atoms with Gasteiger partial charge in [-0.2, -0.15) is 5.10 Å². The van der Waals surface area contributed by atoms with Crippen LogP contribution >= 0.6 is 0 Å². The molecule has 0 saturated carbocycles. The lowest BCUT2D eigenvalue weighted by Gasteiger charge is -1.95. The van der Waals surface area contributed by atoms with Crippen LogP contribution in [-0.4, -0.2) is 21.6 Å². The summed E-state index contributed by atoms with van der Waals surface area (Å²) < 4.78 is 1.50. The number of amides is 2. The Morgan fingerprint density at radius 2 is 2.33 bits per heavy atom. The van der Waals surface area contributed by atoms with Crippen LogP contribution in [0.5, 0.6) is 0 Å². The van der Waals surface area contributed by atoms with Crippen molar-refractivity contribution >= 4 is 17.5 Å². The average molecular weight is 168 g/mol. The summed E-state index contributed by atoms with van der Waals surface area (Å²) >= 11 is 0. The lowest BCUT2D eigenvalue weighted by atomic mass is 10.5. The van der Waals surface area contributed by atoms with Crippen LogP contribution in [0.3, 0.4) is 0 Å². The molecule has 0 unspecified atom stereocenters. The molecule has 2 amide bonds. The highest BCUT2D eigenvalue weighted by atomic mass is 16.2. The first-order valence-corrected chi connectivity index (χ1v) is 3.19. The molecular weight excluding hydrogens is 160 g/mol. The number of nitrogens with two attached hydrogens (primary N) is 1. The van der Waals surface area contributed by atoms with Gasteiger partial charge < -0.3 is 11.1 Å². The Balaban J connectivity index is 2.64. The first-order valence-electron chi connectivity index (χ1n) is 3.19. The normalized spacial score (nSPS) is 9.42. The first-order chi connectivity index (χ1) is 5.59. The van der Waals surface area contributed by atoms with E-state index in [9.17, 15) is 9.59 Å². The predicted molar refractivity (Wildman–Crippen MR) is 41.0 cm³/mol. The van der Waals surface area contributed by atoms with Crippen LogP contribution in [0.25, 0.3) is 0 Å². The van der Waals surface area contributed by atoms with Crippen LogP contribution in [0.15, 0.2) is 12.4 Å². The molecule has 3 N–H and O–H groups in total. The number of aromatic nitrogens is 2. The standard InChI is InChI=1S/C6H8N4O2/c1-10-3-4(2-8-10)9-6(12)5(7)11/h2-3H,1H3,(H2,7,11)(H,9,12). The van der Waals surface area contributed by atoms with Gasteiger partial charge in [0.15, 0.2) is 0 Å². The predicted octanol–water partition coefficient (Wildman–Crippen LogP) is -1.16. The monoisotopic (exact) mass is 168 g/mol. The Morgan fingerprint density at radius 3 is 2.75 bits per heavy atom. The van der Waals surface area contributed by atoms with Gasteiger partial charge >= 0.3 is 11.8 Å². The van der Waals surface area contributed by atoms with Gasteiger partial charge in [-0.05, 0) is 0 Å². The van der Waals surface area contributed by atoms with E-state index in [4.69, 9.17) is 5.73 Å². The molecule has 0 spiro atoms. The minimum atomic E-state index is -1.01. The molecule has 0 saturated heterocycles. The fourth-order valence-corrected chi connectivity index (χ4v) is 0.678. The summed E-state index contributed by atoms with van der Waals surface area (Å²) in [6, 6.07) is 0. The zero-order chi connectivity index (χ0) is 9.14. The first kappa shape index (κ1) is 8.25. The number of anilines is 1. The molecule has 1 aromatic rings. The molecule has 0 radical (unpaired) electrons. The van der Waals surface area contributed by atoms with Crippen LogP contribution < -0.4 is 11.1 Å². The van der Waals surface area contributed by atoms with Crippen molar-refractivity contribution in [3.8, 4) is 0 Å². The highest BCUT2D eigenvalue weighted by Crippen LogP contribution is 2.01. The van der Waals surface area contributed by atoms with Crippen molar-refractivity contribution in [3.05, 3.63) is 12.4 Å². The van der Waals surface area contributed by atoms with E-state index in [1.165, 1.54) is 10.9 Å². The van der Waals surface area contributed by atoms with Gasteiger partial charge in [-0.3, -0.25) is 14.3 Å². The molecule has 1 heterocycles. The Morgan fingerprint density at radius 1 is 1.67 bits per heavy atom. The number of primary amides is 1. The van der Waals surface area contributed by atoms with Gasteiger partial charge in [0.1, 0.15) is 0 Å². The third-order valence-electron chi connectivity index (χ3n) is 1.19. The minimum Gasteiger partial charge on any atom is -0.361 e. The summed E-state index contributed by atoms with van der Waals surface area (Å²) in [5.74, 6) is -1.86. The molecule has 0 aliphatic rings. The second kappa shape index (κ2) is 3.04. The van der Waals surface area contributed by atoms with Gasteiger partial charge in [-0.25, -0.2) is 0 Å². The van der Waals surface area contributed by atoms with Crippen molar-refractivity contribution in [2.45, 2.75) is 0 Å². The summed E-state index contributed by atoms with van der Waals surface area (Å²) in [6.45, 7) is 0. The van der Waals surface area contributed by atoms with Crippen molar-refractivity contribution in [1.82, 2.24) is 9.78 Å². The molecule has 6 heteroatoms. The molecule has 12 heavy (non-hydrogen) atoms. The number of hydrogen-bond acceptors (Lipinski definition) is 3. The van der Waals surface area contributed by atoms with E-state index in [0.29, 0.717) is 5.69 Å². The van der Waals surface area contributed by atoms with Crippen LogP contribution in [0.1, 0.15) is 0 Å². The maximum Gasteiger partial charge on any atom is 0.313 e. The lowest BCUT2D eigenvalue weighted by molar-refractivity contribution is -0.134. The smallest absolute Gasteiger partial charge is 0.313 e. The molecule has 0 fully saturated rings. The number of rotatable bonds is 1. The van der Waals surface area contributed by atoms with Crippen molar-refractivity contribution < 1.29 is 9.59 Å². The van der Waals surface area contributed by atoms with E-state index < -0.39 is 11.8 Å². The molecule has 1 rings (SSSR count). The molecule has 0 atom stereocenters. The second-order valence-corrected chi connectivity index (χ2v) is 2.22. The molecular formula is C6H8N4O2. The van der Waals surface area contributed by atoms with E-state index >= 15 is 0 Å². The summed E-state index contributed by atoms with van der Waals surface area (Å²) in [5, 5.41) is 6.04. The summed E-state index contributed by atoms with van der Waals surface area (Å²) in [6.07, 6.45) is 2.97. The fourth-order valence-electron chi connectivity index (χ4n) is 0.678. The van der Waals surface area contributed by atoms with Gasteiger partial charge in [-0.15, -0.1) is 0 Å². The van der Waals surface area contributed by atoms with Gasteiger partial charge in [0.25, 0.3) is 0 Å². The average Bonchev–Trinajstić information content (AvgIpc) is 2.35. The van der Waals surface area contributed by atoms with Crippen LogP contribution in [0.4, 0.5) is 5.69 Å². The highest BCUT2D eigenvalue weighted by molar-refractivity contribution is 6.39. The second-order valence-electron chi connectivity index (χ2n) is 2.22. The topological polar surface area (TPSA) is 90.0 Å². The van der Waals surface area contributed by atoms with E-state index in [-0.39, 0.29) is 0 Å². The van der Waals surface area contributed by atoms with Crippen molar-refractivity contribution in [3.63, 3.8) is 0 Å². The van der Waals surface area contributed by atoms with Gasteiger partial charge in [0, 0.05) is 13.2 Å². The molecule has 6 nitrogen and oxygen atoms in total. The molecule has 64 valence electrons. The number of aryl methyl sites for hydroxylation is 1. The zero-order valence-electron chi connectivity index (χ0n) is 6.44. The SMILES string of the molecule is Cn1cc(NC(=O)C(N)=O)cn1. The molecule has 1 aromatic heterocycles. The molecule has 0 aromatic carbocycles. The number of carbonyl (C=O) groups is 2. The third-order valence-corrected chi connectivity index (χ3v) is 1.19. The molecule has 0 bridgehead atoms. The van der Waals surface area contributed by atoms with E-state index in [0.717, 1.165) is 0 Å². The highest BCUT2D eigenvalue weighted by Gasteiger charge is 2.08. The summed E-state index contributed by atoms with van der Waals surface area (Å²) in [7, 11) is 1.69. The summed E-state index contributed by atoms with van der Waals surface area (Å²) in [5.41, 5.74) is 5.16. The maximum atomic E-state index is 10.7. The van der Waals surface area contributed by atoms with E-state index in [1.807, 2.05) is 0 Å². The number of nitrogens with one attached hydrogen (secondary N) is 1. The Bertz CT molecular complexity index is 317. The minimum absolute atomic E-state index is 0.446. The number of carbonyl (C=O) groups excluding carboxylic acids is 2. The van der Waals surface area contributed by atoms with E-state index in [2.05, 4.69) is 10.4 Å². The van der Waals surface area contributed by atoms with Crippen molar-refractivity contribution in [1.29, 1.82) is 0 Å². The van der Waals surface area contributed by atoms with Gasteiger partial charge in [0.05, 0.1) is 11.9 Å². The van der Waals surface area contributed by atoms with Crippen LogP contribution in [0.2, 0.25) is 0 Å². The molecule has 0 aliphatic heterocycles. The third kappa shape index (κ3) is 1.82. The Kier molecular flexibility index (Phi) is 2.09. The van der Waals surface area contributed by atoms with Crippen molar-refractivity contribution in [2.24, 2.45) is 12.8 Å². The van der Waals surface area contributed by atoms with Crippen molar-refractivity contribution in [2.75, 3.05) is 5.32 Å². The quantitative estimate of drug-likeness (QED) is 0.518. The van der Waals surface area contributed by atoms with Gasteiger partial charge in [-0.1, -0.05) is 0 Å². The molecule has 0 aliphatic carbocycles. The summed E-state index contributed by atoms with van der Waals surface area (Å²) in [4.78, 5) is 21.0. The van der Waals surface area contributed by atoms with Crippen LogP contribution in [-0.2, 0) is 16.6 Å². The van der Waals surface area contributed by atoms with Gasteiger partial charge in [0.2, 0.25) is 0 Å². The largest absolute Gasteiger partial charge is 0.361 e. The number of hydrogen-bond donors (Lipinski definition) is 2. The fraction of sp³-hybridized carbons (Fsp3) is 0.167. The number of nitrogens with zero attached hydrogens (tertiary/aromatic N) is 2. The van der Waals surface area contributed by atoms with E-state index in [1.54, 1.807) is 13.2 Å². The lowest BCUT2D eigenvalue weighted by Crippen LogP contribution is -2.29. The zero-order valence-corrected chi connectivity index (χ0v) is 6.44.